The quantitative estimate of drug-likeness (QED) is 0.690. The number of carbonyl (C=O) groups excluding carboxylic acids is 1. The van der Waals surface area contributed by atoms with E-state index in [-0.39, 0.29) is 5.91 Å². The van der Waals surface area contributed by atoms with Crippen LogP contribution in [0.5, 0.6) is 0 Å². The highest BCUT2D eigenvalue weighted by atomic mass is 16.6. The molecule has 4 heteroatoms. The second-order valence-corrected chi connectivity index (χ2v) is 3.20. The molecule has 0 aromatic heterocycles. The molecular formula is C10H14N2O2. The molecule has 0 aliphatic heterocycles. The van der Waals surface area contributed by atoms with E-state index >= 15 is 0 Å². The second kappa shape index (κ2) is 4.21. The Labute approximate surface area is 83.0 Å². The minimum Gasteiger partial charge on any atom is -0.314 e. The van der Waals surface area contributed by atoms with E-state index in [4.69, 9.17) is 5.73 Å². The van der Waals surface area contributed by atoms with Crippen LogP contribution in [0.4, 0.5) is 0 Å². The van der Waals surface area contributed by atoms with Crippen molar-refractivity contribution in [2.45, 2.75) is 12.5 Å². The average Bonchev–Trinajstić information content (AvgIpc) is 2.19. The van der Waals surface area contributed by atoms with Crippen LogP contribution in [0.2, 0.25) is 0 Å². The summed E-state index contributed by atoms with van der Waals surface area (Å²) in [4.78, 5) is 16.0. The highest BCUT2D eigenvalue weighted by Crippen LogP contribution is 2.16. The Bertz CT molecular complexity index is 309. The first-order chi connectivity index (χ1) is 6.59. The molecule has 0 bridgehead atoms. The first-order valence-corrected chi connectivity index (χ1v) is 4.27. The molecule has 0 saturated carbocycles. The lowest BCUT2D eigenvalue weighted by atomic mass is 9.93. The van der Waals surface area contributed by atoms with Gasteiger partial charge in [0, 0.05) is 0 Å². The molecule has 3 N–H and O–H groups in total. The van der Waals surface area contributed by atoms with Crippen LogP contribution < -0.4 is 11.2 Å². The van der Waals surface area contributed by atoms with Gasteiger partial charge in [-0.3, -0.25) is 9.63 Å². The van der Waals surface area contributed by atoms with Gasteiger partial charge in [-0.05, 0) is 12.5 Å². The maximum absolute atomic E-state index is 11.5. The first-order valence-electron chi connectivity index (χ1n) is 4.27. The van der Waals surface area contributed by atoms with Crippen molar-refractivity contribution in [1.82, 2.24) is 5.48 Å². The van der Waals surface area contributed by atoms with Crippen molar-refractivity contribution in [2.75, 3.05) is 7.11 Å². The van der Waals surface area contributed by atoms with Gasteiger partial charge in [-0.25, -0.2) is 5.48 Å². The molecule has 0 aliphatic carbocycles. The molecule has 0 fully saturated rings. The summed E-state index contributed by atoms with van der Waals surface area (Å²) in [6.45, 7) is 1.64. The molecular weight excluding hydrogens is 180 g/mol. The number of hydrogen-bond acceptors (Lipinski definition) is 3. The van der Waals surface area contributed by atoms with Crippen molar-refractivity contribution in [1.29, 1.82) is 0 Å². The first kappa shape index (κ1) is 10.7. The third kappa shape index (κ3) is 2.10. The molecule has 1 aromatic rings. The molecule has 0 saturated heterocycles. The fraction of sp³-hybridized carbons (Fsp3) is 0.300. The minimum atomic E-state index is -1.07. The fourth-order valence-electron chi connectivity index (χ4n) is 1.11. The van der Waals surface area contributed by atoms with E-state index in [0.29, 0.717) is 0 Å². The molecule has 1 unspecified atom stereocenters. The molecule has 1 aromatic carbocycles. The van der Waals surface area contributed by atoms with Gasteiger partial charge in [-0.2, -0.15) is 0 Å². The van der Waals surface area contributed by atoms with Crippen LogP contribution in [0.25, 0.3) is 0 Å². The molecule has 1 atom stereocenters. The maximum Gasteiger partial charge on any atom is 0.267 e. The van der Waals surface area contributed by atoms with Crippen molar-refractivity contribution in [3.05, 3.63) is 35.9 Å². The summed E-state index contributed by atoms with van der Waals surface area (Å²) >= 11 is 0. The van der Waals surface area contributed by atoms with E-state index in [1.807, 2.05) is 18.2 Å². The van der Waals surface area contributed by atoms with E-state index in [9.17, 15) is 4.79 Å². The third-order valence-corrected chi connectivity index (χ3v) is 2.04. The van der Waals surface area contributed by atoms with Crippen molar-refractivity contribution in [2.24, 2.45) is 5.73 Å². The zero-order valence-electron chi connectivity index (χ0n) is 8.28. The number of amides is 1. The molecule has 1 rings (SSSR count). The van der Waals surface area contributed by atoms with Gasteiger partial charge < -0.3 is 5.73 Å². The van der Waals surface area contributed by atoms with Crippen LogP contribution >= 0.6 is 0 Å². The van der Waals surface area contributed by atoms with Crippen LogP contribution in [-0.2, 0) is 15.2 Å². The van der Waals surface area contributed by atoms with Gasteiger partial charge in [-0.1, -0.05) is 30.3 Å². The van der Waals surface area contributed by atoms with Gasteiger partial charge >= 0.3 is 0 Å². The van der Waals surface area contributed by atoms with E-state index in [1.54, 1.807) is 19.1 Å². The van der Waals surface area contributed by atoms with Gasteiger partial charge in [0.25, 0.3) is 5.91 Å². The number of benzene rings is 1. The Morgan fingerprint density at radius 1 is 1.43 bits per heavy atom. The zero-order chi connectivity index (χ0) is 10.6. The smallest absolute Gasteiger partial charge is 0.267 e. The number of rotatable bonds is 3. The molecule has 0 radical (unpaired) electrons. The lowest BCUT2D eigenvalue weighted by molar-refractivity contribution is -0.136. The number of nitrogens with two attached hydrogens (primary N) is 1. The summed E-state index contributed by atoms with van der Waals surface area (Å²) in [6, 6.07) is 9.14. The lowest BCUT2D eigenvalue weighted by Gasteiger charge is -2.22. The van der Waals surface area contributed by atoms with Crippen molar-refractivity contribution in [3.63, 3.8) is 0 Å². The largest absolute Gasteiger partial charge is 0.314 e. The highest BCUT2D eigenvalue weighted by Gasteiger charge is 2.30. The van der Waals surface area contributed by atoms with E-state index in [2.05, 4.69) is 10.3 Å². The zero-order valence-corrected chi connectivity index (χ0v) is 8.28. The van der Waals surface area contributed by atoms with Crippen LogP contribution in [0.3, 0.4) is 0 Å². The predicted octanol–water partition coefficient (Wildman–Crippen LogP) is 0.538. The number of carbonyl (C=O) groups is 1. The Balaban J connectivity index is 2.90. The monoisotopic (exact) mass is 194 g/mol. The summed E-state index contributed by atoms with van der Waals surface area (Å²) in [6.07, 6.45) is 0. The third-order valence-electron chi connectivity index (χ3n) is 2.04. The molecule has 0 aliphatic rings. The van der Waals surface area contributed by atoms with Gasteiger partial charge in [0.15, 0.2) is 0 Å². The summed E-state index contributed by atoms with van der Waals surface area (Å²) < 4.78 is 0. The summed E-state index contributed by atoms with van der Waals surface area (Å²) in [7, 11) is 1.37. The maximum atomic E-state index is 11.5. The molecule has 76 valence electrons. The molecule has 1 amide bonds. The SMILES string of the molecule is CONC(=O)C(C)(N)c1ccccc1. The van der Waals surface area contributed by atoms with Crippen LogP contribution in [0.1, 0.15) is 12.5 Å². The summed E-state index contributed by atoms with van der Waals surface area (Å²) in [5, 5.41) is 0. The average molecular weight is 194 g/mol. The number of nitrogens with one attached hydrogen (secondary N) is 1. The van der Waals surface area contributed by atoms with Crippen molar-refractivity contribution < 1.29 is 9.63 Å². The minimum absolute atomic E-state index is 0.369. The van der Waals surface area contributed by atoms with Gasteiger partial charge in [-0.15, -0.1) is 0 Å². The normalized spacial score (nSPS) is 14.5. The van der Waals surface area contributed by atoms with Crippen molar-refractivity contribution >= 4 is 5.91 Å². The topological polar surface area (TPSA) is 64.3 Å². The van der Waals surface area contributed by atoms with Crippen LogP contribution in [0.15, 0.2) is 30.3 Å². The predicted molar refractivity (Wildman–Crippen MR) is 53.1 cm³/mol. The number of hydrogen-bond donors (Lipinski definition) is 2. The van der Waals surface area contributed by atoms with Gasteiger partial charge in [0.05, 0.1) is 7.11 Å². The highest BCUT2D eigenvalue weighted by molar-refractivity contribution is 5.86. The lowest BCUT2D eigenvalue weighted by Crippen LogP contribution is -2.48. The van der Waals surface area contributed by atoms with Crippen LogP contribution in [0, 0.1) is 0 Å². The summed E-state index contributed by atoms with van der Waals surface area (Å²) in [5.41, 5.74) is 7.77. The Morgan fingerprint density at radius 2 is 2.00 bits per heavy atom. The van der Waals surface area contributed by atoms with E-state index < -0.39 is 5.54 Å². The Hall–Kier alpha value is -1.39. The fourth-order valence-corrected chi connectivity index (χ4v) is 1.11. The van der Waals surface area contributed by atoms with E-state index in [0.717, 1.165) is 5.56 Å². The second-order valence-electron chi connectivity index (χ2n) is 3.20. The number of hydroxylamine groups is 1. The van der Waals surface area contributed by atoms with Crippen LogP contribution in [-0.4, -0.2) is 13.0 Å². The standard InChI is InChI=1S/C10H14N2O2/c1-10(11,9(13)12-14-2)8-6-4-3-5-7-8/h3-7H,11H2,1-2H3,(H,12,13). The molecule has 4 nitrogen and oxygen atoms in total. The summed E-state index contributed by atoms with van der Waals surface area (Å²) in [5.74, 6) is -0.369. The van der Waals surface area contributed by atoms with Crippen molar-refractivity contribution in [3.8, 4) is 0 Å². The molecule has 0 heterocycles. The molecule has 14 heavy (non-hydrogen) atoms. The Kier molecular flexibility index (Phi) is 3.22. The Morgan fingerprint density at radius 3 is 2.50 bits per heavy atom. The van der Waals surface area contributed by atoms with E-state index in [1.165, 1.54) is 7.11 Å². The van der Waals surface area contributed by atoms with Gasteiger partial charge in [0.1, 0.15) is 5.54 Å². The van der Waals surface area contributed by atoms with Gasteiger partial charge in [0.2, 0.25) is 0 Å². The molecule has 0 spiro atoms.